The number of hydrogen-bond donors (Lipinski definition) is 0. The molecule has 0 saturated carbocycles. The van der Waals surface area contributed by atoms with Crippen molar-refractivity contribution in [2.75, 3.05) is 11.4 Å². The number of amides is 1. The number of benzene rings is 1. The Bertz CT molecular complexity index is 569. The first-order valence-electron chi connectivity index (χ1n) is 6.31. The molecule has 0 saturated heterocycles. The standard InChI is InChI=1S/C16H17NO2/c1-3-17(14-7-5-4-6-8-14)16(18)12-11-15-10-9-13(2)19-15/h4-12H,3H2,1-2H3/b12-11+. The molecule has 1 amide bonds. The molecule has 2 aromatic rings. The van der Waals surface area contributed by atoms with E-state index in [1.54, 1.807) is 11.0 Å². The molecule has 0 atom stereocenters. The Labute approximate surface area is 113 Å². The molecule has 0 fully saturated rings. The minimum atomic E-state index is -0.0530. The molecule has 0 unspecified atom stereocenters. The Balaban J connectivity index is 2.12. The van der Waals surface area contributed by atoms with E-state index >= 15 is 0 Å². The van der Waals surface area contributed by atoms with Crippen LogP contribution in [0.5, 0.6) is 0 Å². The highest BCUT2D eigenvalue weighted by molar-refractivity contribution is 6.03. The summed E-state index contributed by atoms with van der Waals surface area (Å²) in [5, 5.41) is 0. The van der Waals surface area contributed by atoms with Gasteiger partial charge >= 0.3 is 0 Å². The van der Waals surface area contributed by atoms with Gasteiger partial charge in [-0.15, -0.1) is 0 Å². The van der Waals surface area contributed by atoms with Crippen molar-refractivity contribution in [1.29, 1.82) is 0 Å². The normalized spacial score (nSPS) is 10.8. The molecule has 98 valence electrons. The number of carbonyl (C=O) groups excluding carboxylic acids is 1. The number of nitrogens with zero attached hydrogens (tertiary/aromatic N) is 1. The van der Waals surface area contributed by atoms with E-state index in [0.717, 1.165) is 11.4 Å². The predicted molar refractivity (Wildman–Crippen MR) is 76.9 cm³/mol. The van der Waals surface area contributed by atoms with Crippen LogP contribution in [0.1, 0.15) is 18.4 Å². The summed E-state index contributed by atoms with van der Waals surface area (Å²) in [5.41, 5.74) is 0.898. The topological polar surface area (TPSA) is 33.5 Å². The van der Waals surface area contributed by atoms with Crippen LogP contribution >= 0.6 is 0 Å². The van der Waals surface area contributed by atoms with Gasteiger partial charge in [-0.3, -0.25) is 4.79 Å². The van der Waals surface area contributed by atoms with Gasteiger partial charge in [0.1, 0.15) is 11.5 Å². The lowest BCUT2D eigenvalue weighted by Crippen LogP contribution is -2.28. The van der Waals surface area contributed by atoms with Crippen LogP contribution in [-0.2, 0) is 4.79 Å². The average Bonchev–Trinajstić information content (AvgIpc) is 2.84. The number of hydrogen-bond acceptors (Lipinski definition) is 2. The molecule has 19 heavy (non-hydrogen) atoms. The van der Waals surface area contributed by atoms with Crippen molar-refractivity contribution in [3.63, 3.8) is 0 Å². The number of carbonyl (C=O) groups is 1. The molecule has 1 heterocycles. The van der Waals surface area contributed by atoms with Gasteiger partial charge < -0.3 is 9.32 Å². The summed E-state index contributed by atoms with van der Waals surface area (Å²) in [4.78, 5) is 13.9. The van der Waals surface area contributed by atoms with E-state index in [-0.39, 0.29) is 5.91 Å². The van der Waals surface area contributed by atoms with Crippen LogP contribution < -0.4 is 4.90 Å². The summed E-state index contributed by atoms with van der Waals surface area (Å²) in [6, 6.07) is 13.3. The zero-order valence-electron chi connectivity index (χ0n) is 11.2. The number of aryl methyl sites for hydroxylation is 1. The smallest absolute Gasteiger partial charge is 0.251 e. The predicted octanol–water partition coefficient (Wildman–Crippen LogP) is 3.65. The molecule has 0 aliphatic rings. The minimum Gasteiger partial charge on any atom is -0.462 e. The summed E-state index contributed by atoms with van der Waals surface area (Å²) in [6.07, 6.45) is 3.23. The lowest BCUT2D eigenvalue weighted by molar-refractivity contribution is -0.114. The van der Waals surface area contributed by atoms with Gasteiger partial charge in [0.2, 0.25) is 0 Å². The van der Waals surface area contributed by atoms with Crippen LogP contribution in [0, 0.1) is 6.92 Å². The summed E-state index contributed by atoms with van der Waals surface area (Å²) in [7, 11) is 0. The second-order valence-corrected chi connectivity index (χ2v) is 4.20. The average molecular weight is 255 g/mol. The fraction of sp³-hybridized carbons (Fsp3) is 0.188. The Morgan fingerprint density at radius 1 is 1.21 bits per heavy atom. The third kappa shape index (κ3) is 3.35. The Hall–Kier alpha value is -2.29. The van der Waals surface area contributed by atoms with E-state index in [2.05, 4.69) is 0 Å². The zero-order chi connectivity index (χ0) is 13.7. The molecule has 3 nitrogen and oxygen atoms in total. The Morgan fingerprint density at radius 3 is 2.53 bits per heavy atom. The summed E-state index contributed by atoms with van der Waals surface area (Å²) < 4.78 is 5.40. The Kier molecular flexibility index (Phi) is 4.18. The van der Waals surface area contributed by atoms with Crippen molar-refractivity contribution in [2.45, 2.75) is 13.8 Å². The quantitative estimate of drug-likeness (QED) is 0.781. The molecule has 0 radical (unpaired) electrons. The lowest BCUT2D eigenvalue weighted by Gasteiger charge is -2.18. The number of furan rings is 1. The number of para-hydroxylation sites is 1. The molecule has 0 bridgehead atoms. The first kappa shape index (κ1) is 13.1. The van der Waals surface area contributed by atoms with Gasteiger partial charge in [0.05, 0.1) is 0 Å². The molecule has 0 aliphatic carbocycles. The maximum atomic E-state index is 12.2. The molecule has 2 rings (SSSR count). The second-order valence-electron chi connectivity index (χ2n) is 4.20. The summed E-state index contributed by atoms with van der Waals surface area (Å²) >= 11 is 0. The zero-order valence-corrected chi connectivity index (χ0v) is 11.2. The van der Waals surface area contributed by atoms with Gasteiger partial charge in [-0.25, -0.2) is 0 Å². The van der Waals surface area contributed by atoms with E-state index in [1.807, 2.05) is 56.3 Å². The highest BCUT2D eigenvalue weighted by atomic mass is 16.3. The molecule has 1 aromatic heterocycles. The highest BCUT2D eigenvalue weighted by Gasteiger charge is 2.10. The third-order valence-electron chi connectivity index (χ3n) is 2.80. The molecule has 0 aliphatic heterocycles. The maximum absolute atomic E-state index is 12.2. The Morgan fingerprint density at radius 2 is 1.95 bits per heavy atom. The number of likely N-dealkylation sites (N-methyl/N-ethyl adjacent to an activating group) is 1. The van der Waals surface area contributed by atoms with Crippen molar-refractivity contribution in [3.8, 4) is 0 Å². The van der Waals surface area contributed by atoms with Gasteiger partial charge in [-0.1, -0.05) is 18.2 Å². The molecule has 1 aromatic carbocycles. The fourth-order valence-corrected chi connectivity index (χ4v) is 1.86. The third-order valence-corrected chi connectivity index (χ3v) is 2.80. The van der Waals surface area contributed by atoms with Crippen LogP contribution in [0.2, 0.25) is 0 Å². The second kappa shape index (κ2) is 6.05. The molecular formula is C16H17NO2. The van der Waals surface area contributed by atoms with Gasteiger partial charge in [0.15, 0.2) is 0 Å². The SMILES string of the molecule is CCN(C(=O)/C=C/c1ccc(C)o1)c1ccccc1. The maximum Gasteiger partial charge on any atom is 0.251 e. The number of rotatable bonds is 4. The highest BCUT2D eigenvalue weighted by Crippen LogP contribution is 2.14. The van der Waals surface area contributed by atoms with Crippen molar-refractivity contribution in [3.05, 3.63) is 60.1 Å². The van der Waals surface area contributed by atoms with E-state index in [9.17, 15) is 4.79 Å². The van der Waals surface area contributed by atoms with Crippen LogP contribution in [0.25, 0.3) is 6.08 Å². The summed E-state index contributed by atoms with van der Waals surface area (Å²) in [6.45, 7) is 4.46. The van der Waals surface area contributed by atoms with Gasteiger partial charge in [-0.05, 0) is 44.2 Å². The van der Waals surface area contributed by atoms with Gasteiger partial charge in [0.25, 0.3) is 5.91 Å². The molecular weight excluding hydrogens is 238 g/mol. The van der Waals surface area contributed by atoms with Crippen molar-refractivity contribution in [2.24, 2.45) is 0 Å². The minimum absolute atomic E-state index is 0.0530. The van der Waals surface area contributed by atoms with Crippen LogP contribution in [0.4, 0.5) is 5.69 Å². The fourth-order valence-electron chi connectivity index (χ4n) is 1.86. The monoisotopic (exact) mass is 255 g/mol. The van der Waals surface area contributed by atoms with E-state index in [4.69, 9.17) is 4.42 Å². The first-order chi connectivity index (χ1) is 9.20. The van der Waals surface area contributed by atoms with Crippen LogP contribution in [-0.4, -0.2) is 12.5 Å². The van der Waals surface area contributed by atoms with Crippen LogP contribution in [0.3, 0.4) is 0 Å². The number of anilines is 1. The molecule has 0 spiro atoms. The van der Waals surface area contributed by atoms with Gasteiger partial charge in [0, 0.05) is 18.3 Å². The van der Waals surface area contributed by atoms with Crippen molar-refractivity contribution in [1.82, 2.24) is 0 Å². The van der Waals surface area contributed by atoms with Crippen molar-refractivity contribution >= 4 is 17.7 Å². The first-order valence-corrected chi connectivity index (χ1v) is 6.31. The van der Waals surface area contributed by atoms with Crippen molar-refractivity contribution < 1.29 is 9.21 Å². The summed E-state index contributed by atoms with van der Waals surface area (Å²) in [5.74, 6) is 1.47. The largest absolute Gasteiger partial charge is 0.462 e. The van der Waals surface area contributed by atoms with E-state index in [1.165, 1.54) is 6.08 Å². The molecule has 3 heteroatoms. The van der Waals surface area contributed by atoms with Crippen LogP contribution in [0.15, 0.2) is 53.0 Å². The van der Waals surface area contributed by atoms with Gasteiger partial charge in [-0.2, -0.15) is 0 Å². The van der Waals surface area contributed by atoms with E-state index in [0.29, 0.717) is 12.3 Å². The molecule has 0 N–H and O–H groups in total. The van der Waals surface area contributed by atoms with E-state index < -0.39 is 0 Å². The lowest BCUT2D eigenvalue weighted by atomic mass is 10.2.